The monoisotopic (exact) mass is 308 g/mol. The molecule has 2 N–H and O–H groups in total. The second-order valence-corrected chi connectivity index (χ2v) is 4.51. The molecule has 0 unspecified atom stereocenters. The number of nitrogens with one attached hydrogen (secondary N) is 2. The first kappa shape index (κ1) is 15.7. The second kappa shape index (κ2) is 7.35. The lowest BCUT2D eigenvalue weighted by Crippen LogP contribution is -2.25. The average molecular weight is 308 g/mol. The van der Waals surface area contributed by atoms with E-state index in [2.05, 4.69) is 10.6 Å². The molecule has 0 saturated carbocycles. The zero-order valence-electron chi connectivity index (χ0n) is 11.6. The third-order valence-electron chi connectivity index (χ3n) is 2.82. The van der Waals surface area contributed by atoms with Gasteiger partial charge in [-0.3, -0.25) is 9.59 Å². The number of anilines is 1. The minimum Gasteiger partial charge on any atom is -0.459 e. The summed E-state index contributed by atoms with van der Waals surface area (Å²) in [7, 11) is 0. The van der Waals surface area contributed by atoms with Gasteiger partial charge >= 0.3 is 0 Å². The lowest BCUT2D eigenvalue weighted by Gasteiger charge is -2.07. The normalized spacial score (nSPS) is 10.3. The predicted molar refractivity (Wildman–Crippen MR) is 75.3 cm³/mol. The van der Waals surface area contributed by atoms with Crippen LogP contribution in [-0.4, -0.2) is 18.4 Å². The highest BCUT2D eigenvalue weighted by atomic mass is 19.1. The van der Waals surface area contributed by atoms with Crippen molar-refractivity contribution in [2.75, 3.05) is 11.9 Å². The van der Waals surface area contributed by atoms with Crippen LogP contribution >= 0.6 is 0 Å². The highest BCUT2D eigenvalue weighted by molar-refractivity contribution is 5.92. The maximum atomic E-state index is 13.3. The number of rotatable bonds is 6. The fraction of sp³-hybridized carbons (Fsp3) is 0.200. The molecule has 116 valence electrons. The molecule has 7 heteroatoms. The zero-order chi connectivity index (χ0) is 15.9. The van der Waals surface area contributed by atoms with Crippen molar-refractivity contribution >= 4 is 17.5 Å². The van der Waals surface area contributed by atoms with E-state index in [1.807, 2.05) is 0 Å². The van der Waals surface area contributed by atoms with Gasteiger partial charge in [0.25, 0.3) is 5.91 Å². The maximum absolute atomic E-state index is 13.3. The molecule has 0 aliphatic heterocycles. The largest absolute Gasteiger partial charge is 0.459 e. The van der Waals surface area contributed by atoms with E-state index in [0.29, 0.717) is 12.5 Å². The summed E-state index contributed by atoms with van der Waals surface area (Å²) in [5.41, 5.74) is -0.0778. The Hall–Kier alpha value is -2.70. The minimum absolute atomic E-state index is 0.0778. The molecule has 1 aromatic heterocycles. The van der Waals surface area contributed by atoms with Crippen LogP contribution in [0.3, 0.4) is 0 Å². The molecule has 0 aliphatic rings. The first-order chi connectivity index (χ1) is 10.6. The number of halogens is 2. The molecule has 2 rings (SSSR count). The van der Waals surface area contributed by atoms with Crippen LogP contribution in [0, 0.1) is 11.6 Å². The second-order valence-electron chi connectivity index (χ2n) is 4.51. The number of furan rings is 1. The van der Waals surface area contributed by atoms with Gasteiger partial charge < -0.3 is 15.1 Å². The van der Waals surface area contributed by atoms with Crippen LogP contribution in [0.25, 0.3) is 0 Å². The van der Waals surface area contributed by atoms with Crippen molar-refractivity contribution in [3.63, 3.8) is 0 Å². The minimum atomic E-state index is -0.834. The first-order valence-corrected chi connectivity index (χ1v) is 6.63. The number of carbonyl (C=O) groups is 2. The summed E-state index contributed by atoms with van der Waals surface area (Å²) in [6, 6.07) is 6.03. The molecule has 2 amide bonds. The van der Waals surface area contributed by atoms with Crippen molar-refractivity contribution in [3.05, 3.63) is 54.0 Å². The third-order valence-corrected chi connectivity index (χ3v) is 2.82. The summed E-state index contributed by atoms with van der Waals surface area (Å²) < 4.78 is 31.0. The lowest BCUT2D eigenvalue weighted by atomic mass is 10.2. The van der Waals surface area contributed by atoms with E-state index in [9.17, 15) is 18.4 Å². The molecule has 0 radical (unpaired) electrons. The molecule has 0 fully saturated rings. The van der Waals surface area contributed by atoms with E-state index in [4.69, 9.17) is 4.42 Å². The Morgan fingerprint density at radius 3 is 2.68 bits per heavy atom. The van der Waals surface area contributed by atoms with Gasteiger partial charge in [0.15, 0.2) is 5.76 Å². The molecular weight excluding hydrogens is 294 g/mol. The fourth-order valence-corrected chi connectivity index (χ4v) is 1.75. The van der Waals surface area contributed by atoms with Crippen LogP contribution in [0.1, 0.15) is 23.4 Å². The Bertz CT molecular complexity index is 657. The van der Waals surface area contributed by atoms with Crippen LogP contribution in [-0.2, 0) is 4.79 Å². The Kier molecular flexibility index (Phi) is 5.24. The van der Waals surface area contributed by atoms with Gasteiger partial charge in [-0.2, -0.15) is 0 Å². The smallest absolute Gasteiger partial charge is 0.286 e. The van der Waals surface area contributed by atoms with Crippen LogP contribution in [0.2, 0.25) is 0 Å². The summed E-state index contributed by atoms with van der Waals surface area (Å²) >= 11 is 0. The summed E-state index contributed by atoms with van der Waals surface area (Å²) in [5, 5.41) is 4.93. The molecule has 2 aromatic rings. The quantitative estimate of drug-likeness (QED) is 0.806. The van der Waals surface area contributed by atoms with Gasteiger partial charge in [0.1, 0.15) is 11.6 Å². The molecule has 0 atom stereocenters. The maximum Gasteiger partial charge on any atom is 0.286 e. The Labute approximate surface area is 125 Å². The van der Waals surface area contributed by atoms with Crippen molar-refractivity contribution < 1.29 is 22.8 Å². The molecule has 0 saturated heterocycles. The standard InChI is InChI=1S/C15H14F2N2O3/c16-10-5-6-12(11(17)9-10)19-14(20)4-1-7-18-15(21)13-3-2-8-22-13/h2-3,5-6,8-9H,1,4,7H2,(H,18,21)(H,19,20). The van der Waals surface area contributed by atoms with E-state index >= 15 is 0 Å². The number of benzene rings is 1. The van der Waals surface area contributed by atoms with E-state index in [1.165, 1.54) is 12.3 Å². The molecule has 22 heavy (non-hydrogen) atoms. The first-order valence-electron chi connectivity index (χ1n) is 6.63. The van der Waals surface area contributed by atoms with Crippen molar-refractivity contribution in [1.29, 1.82) is 0 Å². The molecule has 0 aliphatic carbocycles. The summed E-state index contributed by atoms with van der Waals surface area (Å²) in [4.78, 5) is 23.1. The van der Waals surface area contributed by atoms with Crippen LogP contribution in [0.4, 0.5) is 14.5 Å². The molecular formula is C15H14F2N2O3. The zero-order valence-corrected chi connectivity index (χ0v) is 11.6. The summed E-state index contributed by atoms with van der Waals surface area (Å²) in [5.74, 6) is -2.14. The predicted octanol–water partition coefficient (Wildman–Crippen LogP) is 2.71. The molecule has 1 aromatic carbocycles. The van der Waals surface area contributed by atoms with Crippen molar-refractivity contribution in [3.8, 4) is 0 Å². The fourth-order valence-electron chi connectivity index (χ4n) is 1.75. The van der Waals surface area contributed by atoms with Gasteiger partial charge in [-0.25, -0.2) is 8.78 Å². The molecule has 0 spiro atoms. The summed E-state index contributed by atoms with van der Waals surface area (Å²) in [6.07, 6.45) is 1.86. The number of amides is 2. The highest BCUT2D eigenvalue weighted by Crippen LogP contribution is 2.15. The Balaban J connectivity index is 1.71. The van der Waals surface area contributed by atoms with E-state index in [0.717, 1.165) is 12.1 Å². The Morgan fingerprint density at radius 1 is 1.18 bits per heavy atom. The van der Waals surface area contributed by atoms with Crippen LogP contribution in [0.5, 0.6) is 0 Å². The van der Waals surface area contributed by atoms with Crippen LogP contribution in [0.15, 0.2) is 41.0 Å². The van der Waals surface area contributed by atoms with Crippen LogP contribution < -0.4 is 10.6 Å². The Morgan fingerprint density at radius 2 is 2.00 bits per heavy atom. The van der Waals surface area contributed by atoms with Crippen molar-refractivity contribution in [2.45, 2.75) is 12.8 Å². The summed E-state index contributed by atoms with van der Waals surface area (Å²) in [6.45, 7) is 0.277. The highest BCUT2D eigenvalue weighted by Gasteiger charge is 2.09. The number of hydrogen-bond donors (Lipinski definition) is 2. The van der Waals surface area contributed by atoms with Gasteiger partial charge in [-0.1, -0.05) is 0 Å². The van der Waals surface area contributed by atoms with Crippen molar-refractivity contribution in [2.24, 2.45) is 0 Å². The van der Waals surface area contributed by atoms with E-state index in [-0.39, 0.29) is 30.3 Å². The topological polar surface area (TPSA) is 71.3 Å². The number of hydrogen-bond acceptors (Lipinski definition) is 3. The van der Waals surface area contributed by atoms with E-state index in [1.54, 1.807) is 6.07 Å². The van der Waals surface area contributed by atoms with Gasteiger partial charge in [0.05, 0.1) is 12.0 Å². The molecule has 0 bridgehead atoms. The number of carbonyl (C=O) groups excluding carboxylic acids is 2. The van der Waals surface area contributed by atoms with E-state index < -0.39 is 17.5 Å². The molecule has 5 nitrogen and oxygen atoms in total. The SMILES string of the molecule is O=C(CCCNC(=O)c1ccco1)Nc1ccc(F)cc1F. The lowest BCUT2D eigenvalue weighted by molar-refractivity contribution is -0.116. The third kappa shape index (κ3) is 4.41. The van der Waals surface area contributed by atoms with Gasteiger partial charge in [0, 0.05) is 19.0 Å². The van der Waals surface area contributed by atoms with Gasteiger partial charge in [0.2, 0.25) is 5.91 Å². The average Bonchev–Trinajstić information content (AvgIpc) is 3.01. The van der Waals surface area contributed by atoms with Gasteiger partial charge in [-0.15, -0.1) is 0 Å². The molecule has 1 heterocycles. The van der Waals surface area contributed by atoms with Gasteiger partial charge in [-0.05, 0) is 30.7 Å². The van der Waals surface area contributed by atoms with Crippen molar-refractivity contribution in [1.82, 2.24) is 5.32 Å².